The SMILES string of the molecule is COc1ccc(Cl)cc1CC(C(=O)O)C(C)C. The quantitative estimate of drug-likeness (QED) is 0.880. The monoisotopic (exact) mass is 256 g/mol. The van der Waals surface area contributed by atoms with Crippen molar-refractivity contribution in [3.8, 4) is 5.75 Å². The fraction of sp³-hybridized carbons (Fsp3) is 0.462. The van der Waals surface area contributed by atoms with E-state index in [9.17, 15) is 4.79 Å². The van der Waals surface area contributed by atoms with Gasteiger partial charge in [-0.15, -0.1) is 0 Å². The van der Waals surface area contributed by atoms with Gasteiger partial charge in [0, 0.05) is 5.02 Å². The number of hydrogen-bond donors (Lipinski definition) is 1. The summed E-state index contributed by atoms with van der Waals surface area (Å²) >= 11 is 5.91. The van der Waals surface area contributed by atoms with Gasteiger partial charge in [0.05, 0.1) is 13.0 Å². The lowest BCUT2D eigenvalue weighted by molar-refractivity contribution is -0.143. The fourth-order valence-electron chi connectivity index (χ4n) is 1.75. The molecule has 0 bridgehead atoms. The summed E-state index contributed by atoms with van der Waals surface area (Å²) < 4.78 is 5.21. The minimum absolute atomic E-state index is 0.0659. The Kier molecular flexibility index (Phi) is 4.82. The average molecular weight is 257 g/mol. The van der Waals surface area contributed by atoms with E-state index in [4.69, 9.17) is 21.4 Å². The molecule has 0 heterocycles. The summed E-state index contributed by atoms with van der Waals surface area (Å²) in [5.74, 6) is -0.470. The van der Waals surface area contributed by atoms with Crippen LogP contribution in [0.1, 0.15) is 19.4 Å². The zero-order valence-electron chi connectivity index (χ0n) is 10.2. The molecule has 0 fully saturated rings. The Morgan fingerprint density at radius 1 is 1.47 bits per heavy atom. The normalized spacial score (nSPS) is 12.5. The van der Waals surface area contributed by atoms with Crippen LogP contribution in [0, 0.1) is 11.8 Å². The molecule has 1 N–H and O–H groups in total. The standard InChI is InChI=1S/C13H17ClO3/c1-8(2)11(13(15)16)7-9-6-10(14)4-5-12(9)17-3/h4-6,8,11H,7H2,1-3H3,(H,15,16). The van der Waals surface area contributed by atoms with Gasteiger partial charge in [-0.1, -0.05) is 25.4 Å². The fourth-order valence-corrected chi connectivity index (χ4v) is 1.95. The molecule has 0 aromatic heterocycles. The zero-order valence-corrected chi connectivity index (χ0v) is 11.0. The third-order valence-corrected chi connectivity index (χ3v) is 3.04. The Labute approximate surface area is 106 Å². The van der Waals surface area contributed by atoms with E-state index >= 15 is 0 Å². The predicted octanol–water partition coefficient (Wildman–Crippen LogP) is 3.25. The molecule has 0 aliphatic heterocycles. The van der Waals surface area contributed by atoms with Gasteiger partial charge in [-0.3, -0.25) is 4.79 Å². The minimum Gasteiger partial charge on any atom is -0.496 e. The summed E-state index contributed by atoms with van der Waals surface area (Å²) in [6.07, 6.45) is 0.427. The first-order chi connectivity index (χ1) is 7.95. The van der Waals surface area contributed by atoms with E-state index in [0.29, 0.717) is 17.2 Å². The van der Waals surface area contributed by atoms with Gasteiger partial charge in [-0.2, -0.15) is 0 Å². The first kappa shape index (κ1) is 13.8. The van der Waals surface area contributed by atoms with Gasteiger partial charge in [0.2, 0.25) is 0 Å². The number of benzene rings is 1. The minimum atomic E-state index is -0.790. The lowest BCUT2D eigenvalue weighted by Crippen LogP contribution is -2.22. The lowest BCUT2D eigenvalue weighted by atomic mass is 9.89. The number of halogens is 1. The molecule has 0 saturated carbocycles. The third kappa shape index (κ3) is 3.63. The molecular formula is C13H17ClO3. The highest BCUT2D eigenvalue weighted by Crippen LogP contribution is 2.27. The van der Waals surface area contributed by atoms with E-state index in [1.165, 1.54) is 0 Å². The number of carbonyl (C=O) groups is 1. The van der Waals surface area contributed by atoms with Crippen molar-refractivity contribution in [2.24, 2.45) is 11.8 Å². The largest absolute Gasteiger partial charge is 0.496 e. The van der Waals surface area contributed by atoms with Crippen molar-refractivity contribution in [2.45, 2.75) is 20.3 Å². The first-order valence-corrected chi connectivity index (χ1v) is 5.88. The van der Waals surface area contributed by atoms with Gasteiger partial charge in [-0.25, -0.2) is 0 Å². The van der Waals surface area contributed by atoms with Crippen molar-refractivity contribution < 1.29 is 14.6 Å². The van der Waals surface area contributed by atoms with E-state index in [-0.39, 0.29) is 5.92 Å². The summed E-state index contributed by atoms with van der Waals surface area (Å²) in [4.78, 5) is 11.2. The molecule has 0 spiro atoms. The van der Waals surface area contributed by atoms with Crippen molar-refractivity contribution in [1.82, 2.24) is 0 Å². The predicted molar refractivity (Wildman–Crippen MR) is 67.7 cm³/mol. The molecule has 3 nitrogen and oxygen atoms in total. The van der Waals surface area contributed by atoms with Gasteiger partial charge in [-0.05, 0) is 36.1 Å². The van der Waals surface area contributed by atoms with E-state index in [1.54, 1.807) is 25.3 Å². The highest BCUT2D eigenvalue weighted by Gasteiger charge is 2.23. The van der Waals surface area contributed by atoms with Crippen molar-refractivity contribution in [1.29, 1.82) is 0 Å². The molecule has 94 valence electrons. The van der Waals surface area contributed by atoms with Crippen molar-refractivity contribution in [3.05, 3.63) is 28.8 Å². The number of rotatable bonds is 5. The molecule has 4 heteroatoms. The Morgan fingerprint density at radius 3 is 2.59 bits per heavy atom. The molecule has 0 aliphatic rings. The molecule has 1 rings (SSSR count). The van der Waals surface area contributed by atoms with Crippen LogP contribution in [0.25, 0.3) is 0 Å². The highest BCUT2D eigenvalue weighted by atomic mass is 35.5. The number of aliphatic carboxylic acids is 1. The van der Waals surface area contributed by atoms with Gasteiger partial charge in [0.25, 0.3) is 0 Å². The first-order valence-electron chi connectivity index (χ1n) is 5.51. The maximum Gasteiger partial charge on any atom is 0.307 e. The number of ether oxygens (including phenoxy) is 1. The molecule has 1 aromatic rings. The van der Waals surface area contributed by atoms with Crippen molar-refractivity contribution in [2.75, 3.05) is 7.11 Å². The van der Waals surface area contributed by atoms with Crippen LogP contribution in [0.3, 0.4) is 0 Å². The Morgan fingerprint density at radius 2 is 2.12 bits per heavy atom. The van der Waals surface area contributed by atoms with Crippen LogP contribution >= 0.6 is 11.6 Å². The topological polar surface area (TPSA) is 46.5 Å². The van der Waals surface area contributed by atoms with E-state index in [1.807, 2.05) is 13.8 Å². The Bertz CT molecular complexity index is 402. The van der Waals surface area contributed by atoms with Gasteiger partial charge >= 0.3 is 5.97 Å². The average Bonchev–Trinajstić information content (AvgIpc) is 2.25. The number of carboxylic acids is 1. The molecule has 0 aliphatic carbocycles. The van der Waals surface area contributed by atoms with Crippen molar-refractivity contribution in [3.63, 3.8) is 0 Å². The molecule has 1 aromatic carbocycles. The highest BCUT2D eigenvalue weighted by molar-refractivity contribution is 6.30. The maximum absolute atomic E-state index is 11.2. The summed E-state index contributed by atoms with van der Waals surface area (Å²) in [6, 6.07) is 5.25. The molecule has 0 saturated heterocycles. The van der Waals surface area contributed by atoms with Crippen LogP contribution in [-0.4, -0.2) is 18.2 Å². The Balaban J connectivity index is 2.99. The second kappa shape index (κ2) is 5.92. The van der Waals surface area contributed by atoms with E-state index in [0.717, 1.165) is 5.56 Å². The van der Waals surface area contributed by atoms with Gasteiger partial charge < -0.3 is 9.84 Å². The van der Waals surface area contributed by atoms with Crippen LogP contribution in [0.4, 0.5) is 0 Å². The summed E-state index contributed by atoms with van der Waals surface area (Å²) in [6.45, 7) is 3.80. The van der Waals surface area contributed by atoms with Crippen LogP contribution in [0.15, 0.2) is 18.2 Å². The summed E-state index contributed by atoms with van der Waals surface area (Å²) in [7, 11) is 1.57. The maximum atomic E-state index is 11.2. The number of carboxylic acid groups (broad SMARTS) is 1. The molecular weight excluding hydrogens is 240 g/mol. The Hall–Kier alpha value is -1.22. The smallest absolute Gasteiger partial charge is 0.307 e. The van der Waals surface area contributed by atoms with Crippen molar-refractivity contribution >= 4 is 17.6 Å². The number of hydrogen-bond acceptors (Lipinski definition) is 2. The zero-order chi connectivity index (χ0) is 13.0. The van der Waals surface area contributed by atoms with Crippen LogP contribution in [-0.2, 0) is 11.2 Å². The van der Waals surface area contributed by atoms with Gasteiger partial charge in [0.15, 0.2) is 0 Å². The second-order valence-electron chi connectivity index (χ2n) is 4.35. The molecule has 1 unspecified atom stereocenters. The molecule has 1 atom stereocenters. The van der Waals surface area contributed by atoms with E-state index < -0.39 is 11.9 Å². The second-order valence-corrected chi connectivity index (χ2v) is 4.79. The third-order valence-electron chi connectivity index (χ3n) is 2.80. The summed E-state index contributed by atoms with van der Waals surface area (Å²) in [5, 5.41) is 9.76. The molecule has 17 heavy (non-hydrogen) atoms. The van der Waals surface area contributed by atoms with Gasteiger partial charge in [0.1, 0.15) is 5.75 Å². The lowest BCUT2D eigenvalue weighted by Gasteiger charge is -2.17. The molecule has 0 amide bonds. The van der Waals surface area contributed by atoms with Crippen LogP contribution in [0.2, 0.25) is 5.02 Å². The molecule has 0 radical (unpaired) electrons. The van der Waals surface area contributed by atoms with Crippen LogP contribution in [0.5, 0.6) is 5.75 Å². The van der Waals surface area contributed by atoms with E-state index in [2.05, 4.69) is 0 Å². The van der Waals surface area contributed by atoms with Crippen LogP contribution < -0.4 is 4.74 Å². The number of methoxy groups -OCH3 is 1. The summed E-state index contributed by atoms with van der Waals surface area (Å²) in [5.41, 5.74) is 0.834.